The second-order valence-electron chi connectivity index (χ2n) is 7.27. The first kappa shape index (κ1) is 39.8. The number of hydrogen-bond donors (Lipinski definition) is 0. The van der Waals surface area contributed by atoms with Gasteiger partial charge in [0.05, 0.1) is 5.71 Å². The molecule has 198 valence electrons. The molecular weight excluding hydrogens is 434 g/mol. The van der Waals surface area contributed by atoms with Crippen molar-refractivity contribution in [2.75, 3.05) is 7.05 Å². The molecule has 0 amide bonds. The Hall–Kier alpha value is -3.45. The third-order valence-electron chi connectivity index (χ3n) is 4.31. The van der Waals surface area contributed by atoms with E-state index in [4.69, 9.17) is 0 Å². The summed E-state index contributed by atoms with van der Waals surface area (Å²) in [5.41, 5.74) is 9.65. The average Bonchev–Trinajstić information content (AvgIpc) is 2.89. The van der Waals surface area contributed by atoms with Gasteiger partial charge in [-0.05, 0) is 56.9 Å². The number of benzene rings is 1. The van der Waals surface area contributed by atoms with Gasteiger partial charge in [0.2, 0.25) is 0 Å². The molecule has 2 rings (SSSR count). The zero-order chi connectivity index (χ0) is 29.3. The van der Waals surface area contributed by atoms with Crippen LogP contribution < -0.4 is 0 Å². The van der Waals surface area contributed by atoms with E-state index in [1.807, 2.05) is 84.9 Å². The lowest BCUT2D eigenvalue weighted by Gasteiger charge is -2.17. The summed E-state index contributed by atoms with van der Waals surface area (Å²) in [6.07, 6.45) is 7.94. The van der Waals surface area contributed by atoms with E-state index in [0.717, 1.165) is 33.6 Å². The summed E-state index contributed by atoms with van der Waals surface area (Å²) in [6.45, 7) is 43.3. The number of nitrogens with zero attached hydrogens (tertiary/aromatic N) is 1. The zero-order valence-electron chi connectivity index (χ0n) is 25.1. The fourth-order valence-corrected chi connectivity index (χ4v) is 2.50. The molecule has 0 N–H and O–H groups in total. The minimum absolute atomic E-state index is 0.915. The monoisotopic (exact) mass is 487 g/mol. The van der Waals surface area contributed by atoms with Crippen molar-refractivity contribution in [2.45, 2.75) is 62.3 Å². The van der Waals surface area contributed by atoms with E-state index in [9.17, 15) is 0 Å². The Morgan fingerprint density at radius 3 is 1.56 bits per heavy atom. The highest BCUT2D eigenvalue weighted by Crippen LogP contribution is 2.24. The first-order chi connectivity index (χ1) is 17.1. The Morgan fingerprint density at radius 2 is 1.28 bits per heavy atom. The summed E-state index contributed by atoms with van der Waals surface area (Å²) in [6, 6.07) is 10.2. The third kappa shape index (κ3) is 18.0. The van der Waals surface area contributed by atoms with E-state index >= 15 is 0 Å². The van der Waals surface area contributed by atoms with Gasteiger partial charge in [-0.25, -0.2) is 0 Å². The quantitative estimate of drug-likeness (QED) is 0.297. The van der Waals surface area contributed by atoms with Crippen molar-refractivity contribution < 1.29 is 0 Å². The van der Waals surface area contributed by atoms with Crippen molar-refractivity contribution in [3.8, 4) is 0 Å². The van der Waals surface area contributed by atoms with Crippen LogP contribution in [0.5, 0.6) is 0 Å². The van der Waals surface area contributed by atoms with Crippen LogP contribution in [0.1, 0.15) is 67.9 Å². The molecule has 0 heterocycles. The molecule has 0 aromatic heterocycles. The molecule has 1 aliphatic rings. The molecule has 0 radical (unpaired) electrons. The van der Waals surface area contributed by atoms with Gasteiger partial charge in [0.1, 0.15) is 0 Å². The van der Waals surface area contributed by atoms with E-state index in [1.54, 1.807) is 7.05 Å². The van der Waals surface area contributed by atoms with Crippen molar-refractivity contribution in [2.24, 2.45) is 4.99 Å². The molecule has 0 saturated carbocycles. The average molecular weight is 488 g/mol. The molecule has 1 aliphatic carbocycles. The minimum Gasteiger partial charge on any atom is -0.287 e. The van der Waals surface area contributed by atoms with Gasteiger partial charge >= 0.3 is 0 Å². The van der Waals surface area contributed by atoms with E-state index in [-0.39, 0.29) is 0 Å². The van der Waals surface area contributed by atoms with Gasteiger partial charge < -0.3 is 0 Å². The van der Waals surface area contributed by atoms with Gasteiger partial charge in [-0.15, -0.1) is 13.2 Å². The Labute approximate surface area is 225 Å². The summed E-state index contributed by atoms with van der Waals surface area (Å²) in [5, 5.41) is 0. The third-order valence-corrected chi connectivity index (χ3v) is 4.31. The molecule has 0 aliphatic heterocycles. The number of aliphatic imine (C=N–C) groups is 1. The van der Waals surface area contributed by atoms with Crippen LogP contribution in [0.15, 0.2) is 139 Å². The van der Waals surface area contributed by atoms with Gasteiger partial charge in [-0.2, -0.15) is 0 Å². The molecule has 0 bridgehead atoms. The van der Waals surface area contributed by atoms with Gasteiger partial charge in [0, 0.05) is 12.6 Å². The predicted molar refractivity (Wildman–Crippen MR) is 173 cm³/mol. The van der Waals surface area contributed by atoms with Crippen LogP contribution in [0.3, 0.4) is 0 Å². The molecule has 1 heteroatoms. The second-order valence-corrected chi connectivity index (χ2v) is 7.27. The van der Waals surface area contributed by atoms with Gasteiger partial charge in [-0.1, -0.05) is 132 Å². The first-order valence-corrected chi connectivity index (χ1v) is 12.5. The summed E-state index contributed by atoms with van der Waals surface area (Å²) >= 11 is 0. The smallest absolute Gasteiger partial charge is 0.0709 e. The van der Waals surface area contributed by atoms with Crippen molar-refractivity contribution in [1.29, 1.82) is 0 Å². The van der Waals surface area contributed by atoms with Crippen LogP contribution in [0, 0.1) is 0 Å². The van der Waals surface area contributed by atoms with Crippen molar-refractivity contribution in [3.05, 3.63) is 140 Å². The van der Waals surface area contributed by atoms with Crippen LogP contribution in [-0.4, -0.2) is 12.8 Å². The van der Waals surface area contributed by atoms with Crippen molar-refractivity contribution >= 4 is 11.3 Å². The fourth-order valence-electron chi connectivity index (χ4n) is 2.50. The SMILES string of the molecule is C=C.C=C(C)C(=C)/C=C\C.C=C(C)c1ccccc1.C=C1C=CC(=C(C)C)C(=C)C1=NC.CC.CC. The Kier molecular flexibility index (Phi) is 28.9. The van der Waals surface area contributed by atoms with E-state index in [2.05, 4.69) is 83.1 Å². The highest BCUT2D eigenvalue weighted by molar-refractivity contribution is 6.17. The van der Waals surface area contributed by atoms with Crippen LogP contribution in [0.2, 0.25) is 0 Å². The standard InChI is InChI=1S/C12H15N.C9H10.C8H12.2C2H6.C2H4/c1-8(2)11-7-6-9(3)12(13-5)10(11)4;1-8(2)9-6-4-3-5-7-9;1-5-6-8(4)7(2)3;3*1-2/h6-7H,3-4H2,1-2,5H3;3-7H,1H2,2H3;5-6H,2,4H2,1,3H3;2*1-2H3;1-2H2/b;;6-5-;;;. The topological polar surface area (TPSA) is 12.4 Å². The van der Waals surface area contributed by atoms with E-state index < -0.39 is 0 Å². The molecule has 1 nitrogen and oxygen atoms in total. The molecule has 0 atom stereocenters. The molecular formula is C35H53N. The van der Waals surface area contributed by atoms with E-state index in [1.165, 1.54) is 16.7 Å². The second kappa shape index (κ2) is 26.2. The maximum atomic E-state index is 4.17. The fraction of sp³-hybridized carbons (Fsp3) is 0.286. The molecule has 36 heavy (non-hydrogen) atoms. The van der Waals surface area contributed by atoms with Crippen LogP contribution in [0.4, 0.5) is 0 Å². The lowest BCUT2D eigenvalue weighted by molar-refractivity contribution is 1.30. The summed E-state index contributed by atoms with van der Waals surface area (Å²) in [4.78, 5) is 4.17. The lowest BCUT2D eigenvalue weighted by atomic mass is 9.89. The lowest BCUT2D eigenvalue weighted by Crippen LogP contribution is -2.10. The largest absolute Gasteiger partial charge is 0.287 e. The number of allylic oxidation sites excluding steroid dienone is 11. The van der Waals surface area contributed by atoms with Gasteiger partial charge in [0.25, 0.3) is 0 Å². The van der Waals surface area contributed by atoms with Crippen LogP contribution >= 0.6 is 0 Å². The molecule has 1 aromatic carbocycles. The van der Waals surface area contributed by atoms with Crippen molar-refractivity contribution in [1.82, 2.24) is 0 Å². The molecule has 0 unspecified atom stereocenters. The van der Waals surface area contributed by atoms with Crippen molar-refractivity contribution in [3.63, 3.8) is 0 Å². The van der Waals surface area contributed by atoms with Gasteiger partial charge in [-0.3, -0.25) is 4.99 Å². The Bertz CT molecular complexity index is 924. The van der Waals surface area contributed by atoms with E-state index in [0.29, 0.717) is 0 Å². The predicted octanol–water partition coefficient (Wildman–Crippen LogP) is 11.3. The molecule has 0 saturated heterocycles. The normalized spacial score (nSPS) is 12.1. The van der Waals surface area contributed by atoms with Crippen LogP contribution in [0.25, 0.3) is 5.57 Å². The molecule has 0 fully saturated rings. The molecule has 1 aromatic rings. The maximum absolute atomic E-state index is 4.17. The highest BCUT2D eigenvalue weighted by atomic mass is 14.7. The summed E-state index contributed by atoms with van der Waals surface area (Å²) in [5.74, 6) is 0. The maximum Gasteiger partial charge on any atom is 0.0709 e. The first-order valence-electron chi connectivity index (χ1n) is 12.5. The molecule has 0 spiro atoms. The Morgan fingerprint density at radius 1 is 0.806 bits per heavy atom. The number of hydrogen-bond acceptors (Lipinski definition) is 1. The highest BCUT2D eigenvalue weighted by Gasteiger charge is 2.14. The Balaban J connectivity index is -0.000000198. The summed E-state index contributed by atoms with van der Waals surface area (Å²) < 4.78 is 0. The number of rotatable bonds is 3. The summed E-state index contributed by atoms with van der Waals surface area (Å²) in [7, 11) is 1.77. The van der Waals surface area contributed by atoms with Crippen LogP contribution in [-0.2, 0) is 0 Å². The zero-order valence-corrected chi connectivity index (χ0v) is 25.1. The minimum atomic E-state index is 0.915. The van der Waals surface area contributed by atoms with Gasteiger partial charge in [0.15, 0.2) is 0 Å².